The molecule has 1 aliphatic rings. The van der Waals surface area contributed by atoms with Gasteiger partial charge in [0.2, 0.25) is 9.84 Å². The van der Waals surface area contributed by atoms with Crippen molar-refractivity contribution in [3.63, 3.8) is 0 Å². The van der Waals surface area contributed by atoms with Crippen LogP contribution in [0, 0.1) is 0 Å². The number of nitrogens with zero attached hydrogens (tertiary/aromatic N) is 1. The molecule has 0 bridgehead atoms. The van der Waals surface area contributed by atoms with Crippen LogP contribution in [0.15, 0.2) is 45.0 Å². The highest BCUT2D eigenvalue weighted by molar-refractivity contribution is 7.98. The van der Waals surface area contributed by atoms with Crippen molar-refractivity contribution in [2.24, 2.45) is 4.99 Å². The van der Waals surface area contributed by atoms with Crippen LogP contribution < -0.4 is 0 Å². The van der Waals surface area contributed by atoms with Gasteiger partial charge in [-0.05, 0) is 24.3 Å². The molecule has 0 saturated heterocycles. The second kappa shape index (κ2) is 6.17. The molecule has 0 amide bonds. The van der Waals surface area contributed by atoms with Crippen LogP contribution in [0.2, 0.25) is 5.02 Å². The highest BCUT2D eigenvalue weighted by Crippen LogP contribution is 2.16. The first-order valence-electron chi connectivity index (χ1n) is 5.86. The van der Waals surface area contributed by atoms with Gasteiger partial charge in [0.25, 0.3) is 0 Å². The second-order valence-electron chi connectivity index (χ2n) is 4.20. The fourth-order valence-corrected chi connectivity index (χ4v) is 4.22. The molecule has 0 fully saturated rings. The van der Waals surface area contributed by atoms with Gasteiger partial charge in [0, 0.05) is 15.8 Å². The summed E-state index contributed by atoms with van der Waals surface area (Å²) >= 11 is 5.67. The molecule has 1 aromatic carbocycles. The Kier molecular flexibility index (Phi) is 4.70. The Morgan fingerprint density at radius 2 is 1.81 bits per heavy atom. The van der Waals surface area contributed by atoms with Gasteiger partial charge in [0.15, 0.2) is 15.7 Å². The van der Waals surface area contributed by atoms with Crippen LogP contribution in [0.4, 0.5) is 0 Å². The van der Waals surface area contributed by atoms with Gasteiger partial charge in [-0.2, -0.15) is 0 Å². The molecule has 0 unspecified atom stereocenters. The Hall–Kier alpha value is -1.38. The monoisotopic (exact) mass is 349 g/mol. The molecular weight excluding hydrogens is 338 g/mol. The zero-order chi connectivity index (χ0) is 15.5. The maximum absolute atomic E-state index is 12.0. The van der Waals surface area contributed by atoms with Crippen LogP contribution in [0.25, 0.3) is 0 Å². The lowest BCUT2D eigenvalue weighted by molar-refractivity contribution is 0.345. The molecule has 1 aromatic rings. The van der Waals surface area contributed by atoms with E-state index in [4.69, 9.17) is 16.3 Å². The molecule has 0 radical (unpaired) electrons. The van der Waals surface area contributed by atoms with Gasteiger partial charge < -0.3 is 4.74 Å². The zero-order valence-corrected chi connectivity index (χ0v) is 13.2. The number of hydrogen-bond donors (Lipinski definition) is 0. The van der Waals surface area contributed by atoms with Crippen molar-refractivity contribution in [3.8, 4) is 0 Å². The van der Waals surface area contributed by atoms with Crippen molar-refractivity contribution in [1.82, 2.24) is 0 Å². The number of benzene rings is 1. The average molecular weight is 350 g/mol. The van der Waals surface area contributed by atoms with E-state index in [1.165, 1.54) is 24.3 Å². The summed E-state index contributed by atoms with van der Waals surface area (Å²) in [7, 11) is -7.60. The standard InChI is InChI=1S/C12H12ClNO5S2/c13-10-1-3-11(4-2-10)21(17,18)8-7-20(15,16)9-12-14-5-6-19-12/h1-4,7-8H,5-6,9H2/b8-7+. The first-order valence-corrected chi connectivity index (χ1v) is 9.50. The highest BCUT2D eigenvalue weighted by atomic mass is 35.5. The first-order chi connectivity index (χ1) is 9.78. The van der Waals surface area contributed by atoms with Gasteiger partial charge in [-0.1, -0.05) is 11.6 Å². The molecule has 2 rings (SSSR count). The van der Waals surface area contributed by atoms with E-state index in [0.717, 1.165) is 0 Å². The molecule has 0 atom stereocenters. The Labute approximate surface area is 127 Å². The van der Waals surface area contributed by atoms with E-state index in [2.05, 4.69) is 4.99 Å². The van der Waals surface area contributed by atoms with Crippen molar-refractivity contribution in [1.29, 1.82) is 0 Å². The summed E-state index contributed by atoms with van der Waals surface area (Å²) in [5.74, 6) is -0.344. The minimum atomic E-state index is -3.84. The van der Waals surface area contributed by atoms with Gasteiger partial charge in [-0.15, -0.1) is 0 Å². The smallest absolute Gasteiger partial charge is 0.200 e. The summed E-state index contributed by atoms with van der Waals surface area (Å²) in [5, 5.41) is 1.70. The lowest BCUT2D eigenvalue weighted by Crippen LogP contribution is -2.14. The molecule has 1 aliphatic heterocycles. The number of halogens is 1. The third kappa shape index (κ3) is 4.55. The van der Waals surface area contributed by atoms with Crippen LogP contribution in [-0.2, 0) is 24.4 Å². The predicted molar refractivity (Wildman–Crippen MR) is 79.8 cm³/mol. The summed E-state index contributed by atoms with van der Waals surface area (Å²) < 4.78 is 52.5. The van der Waals surface area contributed by atoms with Gasteiger partial charge in [0.1, 0.15) is 12.4 Å². The van der Waals surface area contributed by atoms with Gasteiger partial charge in [-0.25, -0.2) is 16.8 Å². The van der Waals surface area contributed by atoms with Crippen LogP contribution in [0.5, 0.6) is 0 Å². The Bertz CT molecular complexity index is 779. The van der Waals surface area contributed by atoms with Gasteiger partial charge in [0.05, 0.1) is 11.4 Å². The van der Waals surface area contributed by atoms with Crippen molar-refractivity contribution in [3.05, 3.63) is 40.1 Å². The predicted octanol–water partition coefficient (Wildman–Crippen LogP) is 1.43. The Balaban J connectivity index is 2.17. The number of sulfone groups is 2. The van der Waals surface area contributed by atoms with E-state index in [1.54, 1.807) is 0 Å². The summed E-state index contributed by atoms with van der Waals surface area (Å²) in [6.07, 6.45) is 0. The minimum Gasteiger partial charge on any atom is -0.478 e. The van der Waals surface area contributed by atoms with E-state index < -0.39 is 25.4 Å². The molecule has 9 heteroatoms. The van der Waals surface area contributed by atoms with Crippen LogP contribution in [-0.4, -0.2) is 41.6 Å². The summed E-state index contributed by atoms with van der Waals surface area (Å²) in [6, 6.07) is 5.44. The van der Waals surface area contributed by atoms with E-state index in [-0.39, 0.29) is 10.8 Å². The topological polar surface area (TPSA) is 89.9 Å². The van der Waals surface area contributed by atoms with E-state index in [0.29, 0.717) is 29.0 Å². The first kappa shape index (κ1) is 16.0. The number of rotatable bonds is 5. The third-order valence-corrected chi connectivity index (χ3v) is 5.60. The van der Waals surface area contributed by atoms with Crippen LogP contribution in [0.3, 0.4) is 0 Å². The van der Waals surface area contributed by atoms with E-state index in [1.807, 2.05) is 0 Å². The number of ether oxygens (including phenoxy) is 1. The largest absolute Gasteiger partial charge is 0.478 e. The van der Waals surface area contributed by atoms with Gasteiger partial charge >= 0.3 is 0 Å². The molecule has 0 spiro atoms. The van der Waals surface area contributed by atoms with Crippen LogP contribution in [0.1, 0.15) is 0 Å². The fraction of sp³-hybridized carbons (Fsp3) is 0.250. The summed E-state index contributed by atoms with van der Waals surface area (Å²) in [4.78, 5) is 3.82. The molecular formula is C12H12ClNO5S2. The molecule has 0 saturated carbocycles. The minimum absolute atomic E-state index is 0.0344. The SMILES string of the molecule is O=S(=O)(/C=C/S(=O)(=O)c1ccc(Cl)cc1)CC1=NCCO1. The average Bonchev–Trinajstić information content (AvgIpc) is 2.89. The molecule has 0 aromatic heterocycles. The molecule has 1 heterocycles. The quantitative estimate of drug-likeness (QED) is 0.802. The normalized spacial score (nSPS) is 16.0. The maximum atomic E-state index is 12.0. The fourth-order valence-electron chi connectivity index (χ4n) is 1.55. The van der Waals surface area contributed by atoms with Crippen molar-refractivity contribution >= 4 is 37.2 Å². The summed E-state index contributed by atoms with van der Waals surface area (Å²) in [5.41, 5.74) is 0. The number of hydrogen-bond acceptors (Lipinski definition) is 6. The van der Waals surface area contributed by atoms with Crippen molar-refractivity contribution in [2.75, 3.05) is 18.9 Å². The molecule has 0 aliphatic carbocycles. The molecule has 0 N–H and O–H groups in total. The van der Waals surface area contributed by atoms with E-state index in [9.17, 15) is 16.8 Å². The van der Waals surface area contributed by atoms with Crippen LogP contribution >= 0.6 is 11.6 Å². The lowest BCUT2D eigenvalue weighted by atomic mass is 10.4. The number of aliphatic imine (C=N–C) groups is 1. The third-order valence-electron chi connectivity index (χ3n) is 2.56. The Morgan fingerprint density at radius 1 is 1.14 bits per heavy atom. The maximum Gasteiger partial charge on any atom is 0.200 e. The van der Waals surface area contributed by atoms with Crippen molar-refractivity contribution < 1.29 is 21.6 Å². The summed E-state index contributed by atoms with van der Waals surface area (Å²) in [6.45, 7) is 0.759. The Morgan fingerprint density at radius 3 is 2.38 bits per heavy atom. The molecule has 21 heavy (non-hydrogen) atoms. The van der Waals surface area contributed by atoms with Crippen molar-refractivity contribution in [2.45, 2.75) is 4.90 Å². The zero-order valence-electron chi connectivity index (χ0n) is 10.8. The second-order valence-corrected chi connectivity index (χ2v) is 8.36. The molecule has 6 nitrogen and oxygen atoms in total. The molecule has 114 valence electrons. The lowest BCUT2D eigenvalue weighted by Gasteiger charge is -2.01. The van der Waals surface area contributed by atoms with E-state index >= 15 is 0 Å². The highest BCUT2D eigenvalue weighted by Gasteiger charge is 2.18. The van der Waals surface area contributed by atoms with Gasteiger partial charge in [-0.3, -0.25) is 4.99 Å².